The largest absolute Gasteiger partial charge is 0.0918 e. The van der Waals surface area contributed by atoms with E-state index in [2.05, 4.69) is 6.58 Å². The van der Waals surface area contributed by atoms with Gasteiger partial charge in [-0.05, 0) is 19.4 Å². The van der Waals surface area contributed by atoms with Crippen LogP contribution in [0.15, 0.2) is 60.8 Å². The van der Waals surface area contributed by atoms with Gasteiger partial charge in [0.25, 0.3) is 0 Å². The van der Waals surface area contributed by atoms with Crippen molar-refractivity contribution in [2.45, 2.75) is 27.7 Å². The van der Waals surface area contributed by atoms with Crippen LogP contribution in [0.3, 0.4) is 0 Å². The third-order valence-electron chi connectivity index (χ3n) is 1.23. The lowest BCUT2D eigenvalue weighted by Gasteiger charge is -1.84. The van der Waals surface area contributed by atoms with Gasteiger partial charge in [0.15, 0.2) is 0 Å². The van der Waals surface area contributed by atoms with Crippen LogP contribution in [0, 0.1) is 0 Å². The number of allylic oxidation sites excluding steroid dienone is 9. The van der Waals surface area contributed by atoms with Crippen LogP contribution in [0.2, 0.25) is 0 Å². The Labute approximate surface area is 89.0 Å². The summed E-state index contributed by atoms with van der Waals surface area (Å²) in [7, 11) is 0. The first kappa shape index (κ1) is 15.2. The minimum atomic E-state index is 1.01. The second kappa shape index (κ2) is 14.2. The first-order valence-corrected chi connectivity index (χ1v) is 5.09. The fourth-order valence-corrected chi connectivity index (χ4v) is 0.636. The molecule has 0 nitrogen and oxygen atoms in total. The molecule has 0 saturated carbocycles. The van der Waals surface area contributed by atoms with E-state index in [0.29, 0.717) is 0 Å². The number of hydrogen-bond donors (Lipinski definition) is 0. The molecule has 0 rings (SSSR count). The van der Waals surface area contributed by atoms with Crippen molar-refractivity contribution in [3.8, 4) is 0 Å². The van der Waals surface area contributed by atoms with Crippen molar-refractivity contribution < 1.29 is 0 Å². The van der Waals surface area contributed by atoms with Crippen molar-refractivity contribution in [3.63, 3.8) is 0 Å². The molecular weight excluding hydrogens is 168 g/mol. The summed E-state index contributed by atoms with van der Waals surface area (Å²) in [6.07, 6.45) is 15.8. The zero-order valence-electron chi connectivity index (χ0n) is 9.83. The molecule has 0 atom stereocenters. The SMILES string of the molecule is C=C(/C=C\C=C/C)/C=C\C=C/C.CC. The van der Waals surface area contributed by atoms with Crippen LogP contribution >= 0.6 is 0 Å². The van der Waals surface area contributed by atoms with E-state index in [1.165, 1.54) is 0 Å². The van der Waals surface area contributed by atoms with Crippen molar-refractivity contribution in [2.24, 2.45) is 0 Å². The Morgan fingerprint density at radius 2 is 1.14 bits per heavy atom. The average molecular weight is 190 g/mol. The Morgan fingerprint density at radius 1 is 0.786 bits per heavy atom. The Balaban J connectivity index is 0. The molecule has 78 valence electrons. The quantitative estimate of drug-likeness (QED) is 0.557. The Hall–Kier alpha value is -1.30. The minimum absolute atomic E-state index is 1.01. The monoisotopic (exact) mass is 190 g/mol. The summed E-state index contributed by atoms with van der Waals surface area (Å²) in [5, 5.41) is 0. The van der Waals surface area contributed by atoms with Crippen molar-refractivity contribution in [1.82, 2.24) is 0 Å². The molecule has 0 saturated heterocycles. The van der Waals surface area contributed by atoms with E-state index < -0.39 is 0 Å². The first-order valence-electron chi connectivity index (χ1n) is 5.09. The highest BCUT2D eigenvalue weighted by Crippen LogP contribution is 1.95. The highest BCUT2D eigenvalue weighted by molar-refractivity contribution is 5.30. The van der Waals surface area contributed by atoms with E-state index in [1.54, 1.807) is 0 Å². The molecule has 0 fully saturated rings. The highest BCUT2D eigenvalue weighted by Gasteiger charge is 1.74. The molecule has 0 aromatic heterocycles. The minimum Gasteiger partial charge on any atom is -0.0918 e. The summed E-state index contributed by atoms with van der Waals surface area (Å²) < 4.78 is 0. The Morgan fingerprint density at radius 3 is 1.43 bits per heavy atom. The fourth-order valence-electron chi connectivity index (χ4n) is 0.636. The van der Waals surface area contributed by atoms with Gasteiger partial charge in [0, 0.05) is 0 Å². The molecule has 0 aliphatic carbocycles. The van der Waals surface area contributed by atoms with Gasteiger partial charge in [0.2, 0.25) is 0 Å². The number of hydrogen-bond acceptors (Lipinski definition) is 0. The molecule has 0 spiro atoms. The van der Waals surface area contributed by atoms with Crippen LogP contribution < -0.4 is 0 Å². The summed E-state index contributed by atoms with van der Waals surface area (Å²) >= 11 is 0. The summed E-state index contributed by atoms with van der Waals surface area (Å²) in [5.41, 5.74) is 1.01. The first-order chi connectivity index (χ1) is 6.81. The zero-order valence-corrected chi connectivity index (χ0v) is 9.83. The van der Waals surface area contributed by atoms with E-state index >= 15 is 0 Å². The number of rotatable bonds is 4. The van der Waals surface area contributed by atoms with E-state index in [4.69, 9.17) is 0 Å². The molecule has 0 heteroatoms. The van der Waals surface area contributed by atoms with Crippen LogP contribution in [0.5, 0.6) is 0 Å². The highest BCUT2D eigenvalue weighted by atomic mass is 13.8. The van der Waals surface area contributed by atoms with Gasteiger partial charge in [-0.2, -0.15) is 0 Å². The van der Waals surface area contributed by atoms with Gasteiger partial charge >= 0.3 is 0 Å². The smallest absolute Gasteiger partial charge is 0.0329 e. The second-order valence-corrected chi connectivity index (χ2v) is 2.34. The molecule has 0 heterocycles. The van der Waals surface area contributed by atoms with Gasteiger partial charge in [-0.1, -0.05) is 69.0 Å². The molecular formula is C14H22. The maximum Gasteiger partial charge on any atom is -0.0329 e. The lowest BCUT2D eigenvalue weighted by molar-refractivity contribution is 1.50. The standard InChI is InChI=1S/C12H16.C2H6/c1-4-6-8-10-12(3)11-9-7-5-2;1-2/h4-11H,3H2,1-2H3;1-2H3/b6-4-,7-5-,10-8-,11-9-;. The van der Waals surface area contributed by atoms with Gasteiger partial charge in [0.1, 0.15) is 0 Å². The van der Waals surface area contributed by atoms with Crippen LogP contribution in [0.1, 0.15) is 27.7 Å². The van der Waals surface area contributed by atoms with Crippen LogP contribution in [-0.4, -0.2) is 0 Å². The third-order valence-corrected chi connectivity index (χ3v) is 1.23. The molecule has 0 amide bonds. The molecule has 0 bridgehead atoms. The van der Waals surface area contributed by atoms with Gasteiger partial charge in [-0.25, -0.2) is 0 Å². The molecule has 0 aliphatic rings. The molecule has 14 heavy (non-hydrogen) atoms. The Bertz CT molecular complexity index is 200. The van der Waals surface area contributed by atoms with E-state index in [9.17, 15) is 0 Å². The van der Waals surface area contributed by atoms with Crippen LogP contribution in [0.25, 0.3) is 0 Å². The predicted octanol–water partition coefficient (Wildman–Crippen LogP) is 4.83. The molecule has 0 aliphatic heterocycles. The van der Waals surface area contributed by atoms with Crippen LogP contribution in [0.4, 0.5) is 0 Å². The van der Waals surface area contributed by atoms with E-state index in [1.807, 2.05) is 76.3 Å². The normalized spacial score (nSPS) is 11.4. The van der Waals surface area contributed by atoms with Gasteiger partial charge in [-0.3, -0.25) is 0 Å². The zero-order chi connectivity index (χ0) is 11.2. The predicted molar refractivity (Wildman–Crippen MR) is 68.4 cm³/mol. The second-order valence-electron chi connectivity index (χ2n) is 2.34. The molecule has 0 radical (unpaired) electrons. The van der Waals surface area contributed by atoms with Gasteiger partial charge in [0.05, 0.1) is 0 Å². The molecule has 0 N–H and O–H groups in total. The molecule has 0 aromatic carbocycles. The average Bonchev–Trinajstić information content (AvgIpc) is 2.22. The van der Waals surface area contributed by atoms with Crippen molar-refractivity contribution >= 4 is 0 Å². The lowest BCUT2D eigenvalue weighted by atomic mass is 10.2. The van der Waals surface area contributed by atoms with Crippen molar-refractivity contribution in [1.29, 1.82) is 0 Å². The lowest BCUT2D eigenvalue weighted by Crippen LogP contribution is -1.63. The Kier molecular flexibility index (Phi) is 15.4. The summed E-state index contributed by atoms with van der Waals surface area (Å²) in [4.78, 5) is 0. The summed E-state index contributed by atoms with van der Waals surface area (Å²) in [6.45, 7) is 11.8. The van der Waals surface area contributed by atoms with Crippen molar-refractivity contribution in [3.05, 3.63) is 60.8 Å². The summed E-state index contributed by atoms with van der Waals surface area (Å²) in [5.74, 6) is 0. The molecule has 0 unspecified atom stereocenters. The topological polar surface area (TPSA) is 0 Å². The van der Waals surface area contributed by atoms with Gasteiger partial charge < -0.3 is 0 Å². The van der Waals surface area contributed by atoms with Crippen molar-refractivity contribution in [2.75, 3.05) is 0 Å². The summed E-state index contributed by atoms with van der Waals surface area (Å²) in [6, 6.07) is 0. The van der Waals surface area contributed by atoms with E-state index in [0.717, 1.165) is 5.57 Å². The fraction of sp³-hybridized carbons (Fsp3) is 0.286. The maximum absolute atomic E-state index is 3.86. The van der Waals surface area contributed by atoms with Crippen LogP contribution in [-0.2, 0) is 0 Å². The third kappa shape index (κ3) is 13.3. The van der Waals surface area contributed by atoms with E-state index in [-0.39, 0.29) is 0 Å². The van der Waals surface area contributed by atoms with Gasteiger partial charge in [-0.15, -0.1) is 0 Å². The maximum atomic E-state index is 3.86. The molecule has 0 aromatic rings.